The molecule has 0 radical (unpaired) electrons. The van der Waals surface area contributed by atoms with Crippen molar-refractivity contribution in [3.63, 3.8) is 0 Å². The van der Waals surface area contributed by atoms with E-state index in [9.17, 15) is 13.2 Å². The summed E-state index contributed by atoms with van der Waals surface area (Å²) in [5, 5.41) is 2.56. The number of nitrogens with two attached hydrogens (primary N) is 1. The maximum Gasteiger partial charge on any atom is 0.239 e. The number of rotatable bonds is 3. The minimum absolute atomic E-state index is 0.213. The number of benzene rings is 1. The first kappa shape index (κ1) is 15.2. The highest BCUT2D eigenvalue weighted by molar-refractivity contribution is 7.91. The fourth-order valence-electron chi connectivity index (χ4n) is 1.44. The van der Waals surface area contributed by atoms with Gasteiger partial charge in [-0.05, 0) is 24.6 Å². The van der Waals surface area contributed by atoms with Crippen molar-refractivity contribution in [1.29, 1.82) is 0 Å². The van der Waals surface area contributed by atoms with Gasteiger partial charge in [0.1, 0.15) is 5.75 Å². The summed E-state index contributed by atoms with van der Waals surface area (Å²) in [5.41, 5.74) is 7.34. The third-order valence-electron chi connectivity index (χ3n) is 2.17. The normalized spacial score (nSPS) is 10.5. The van der Waals surface area contributed by atoms with E-state index in [1.165, 1.54) is 0 Å². The quantitative estimate of drug-likeness (QED) is 0.779. The molecule has 0 aliphatic rings. The molecule has 1 aromatic rings. The molecule has 0 aromatic heterocycles. The molecule has 1 amide bonds. The molecule has 0 aliphatic heterocycles. The second kappa shape index (κ2) is 6.36. The van der Waals surface area contributed by atoms with Gasteiger partial charge < -0.3 is 11.1 Å². The van der Waals surface area contributed by atoms with Gasteiger partial charge in [-0.25, -0.2) is 8.42 Å². The Hall–Kier alpha value is -1.84. The van der Waals surface area contributed by atoms with Crippen LogP contribution in [0.5, 0.6) is 0 Å². The molecule has 0 saturated heterocycles. The number of nitrogens with one attached hydrogen (secondary N) is 1. The number of aryl methyl sites for hydroxylation is 1. The molecule has 0 bridgehead atoms. The zero-order chi connectivity index (χ0) is 14.5. The molecular formula is C13H16N2O3S. The first-order chi connectivity index (χ1) is 8.81. The maximum atomic E-state index is 11.6. The molecule has 1 aromatic carbocycles. The van der Waals surface area contributed by atoms with Crippen molar-refractivity contribution in [3.8, 4) is 11.8 Å². The molecule has 5 nitrogen and oxygen atoms in total. The van der Waals surface area contributed by atoms with Crippen molar-refractivity contribution in [2.75, 3.05) is 23.9 Å². The second-order valence-corrected chi connectivity index (χ2v) is 6.31. The Morgan fingerprint density at radius 2 is 2.11 bits per heavy atom. The van der Waals surface area contributed by atoms with Crippen LogP contribution in [0.15, 0.2) is 18.2 Å². The van der Waals surface area contributed by atoms with Crippen LogP contribution in [0.1, 0.15) is 11.1 Å². The zero-order valence-electron chi connectivity index (χ0n) is 10.9. The van der Waals surface area contributed by atoms with E-state index in [4.69, 9.17) is 5.73 Å². The highest BCUT2D eigenvalue weighted by Gasteiger charge is 2.12. The highest BCUT2D eigenvalue weighted by atomic mass is 32.2. The number of anilines is 1. The fourth-order valence-corrected chi connectivity index (χ4v) is 1.99. The van der Waals surface area contributed by atoms with Gasteiger partial charge in [0.2, 0.25) is 5.91 Å². The molecule has 0 saturated carbocycles. The third kappa shape index (κ3) is 5.55. The second-order valence-electron chi connectivity index (χ2n) is 4.17. The lowest BCUT2D eigenvalue weighted by Gasteiger charge is -2.08. The van der Waals surface area contributed by atoms with E-state index in [-0.39, 0.29) is 6.54 Å². The molecule has 6 heteroatoms. The molecule has 0 fully saturated rings. The Bertz CT molecular complexity index is 640. The summed E-state index contributed by atoms with van der Waals surface area (Å²) in [5.74, 6) is 4.39. The summed E-state index contributed by atoms with van der Waals surface area (Å²) < 4.78 is 22.1. The lowest BCUT2D eigenvalue weighted by molar-refractivity contribution is -0.113. The summed E-state index contributed by atoms with van der Waals surface area (Å²) in [6.07, 6.45) is 1.01. The Labute approximate surface area is 113 Å². The van der Waals surface area contributed by atoms with Crippen LogP contribution in [0.3, 0.4) is 0 Å². The van der Waals surface area contributed by atoms with Crippen LogP contribution < -0.4 is 11.1 Å². The minimum atomic E-state index is -3.35. The van der Waals surface area contributed by atoms with Crippen molar-refractivity contribution in [1.82, 2.24) is 0 Å². The third-order valence-corrected chi connectivity index (χ3v) is 2.95. The molecule has 0 unspecified atom stereocenters. The van der Waals surface area contributed by atoms with Gasteiger partial charge in [0.15, 0.2) is 9.84 Å². The van der Waals surface area contributed by atoms with E-state index < -0.39 is 21.5 Å². The lowest BCUT2D eigenvalue weighted by Crippen LogP contribution is -2.22. The maximum absolute atomic E-state index is 11.6. The van der Waals surface area contributed by atoms with Crippen LogP contribution in [-0.2, 0) is 14.6 Å². The Morgan fingerprint density at radius 3 is 2.68 bits per heavy atom. The Balaban J connectivity index is 2.99. The van der Waals surface area contributed by atoms with Gasteiger partial charge in [-0.1, -0.05) is 17.9 Å². The van der Waals surface area contributed by atoms with Crippen LogP contribution in [-0.4, -0.2) is 32.9 Å². The fraction of sp³-hybridized carbons (Fsp3) is 0.308. The van der Waals surface area contributed by atoms with Crippen LogP contribution in [0, 0.1) is 18.8 Å². The lowest BCUT2D eigenvalue weighted by atomic mass is 10.1. The van der Waals surface area contributed by atoms with Gasteiger partial charge in [-0.15, -0.1) is 0 Å². The van der Waals surface area contributed by atoms with E-state index >= 15 is 0 Å². The monoisotopic (exact) mass is 280 g/mol. The average molecular weight is 280 g/mol. The van der Waals surface area contributed by atoms with Crippen molar-refractivity contribution in [2.24, 2.45) is 5.73 Å². The van der Waals surface area contributed by atoms with E-state index in [1.807, 2.05) is 13.0 Å². The van der Waals surface area contributed by atoms with E-state index in [0.29, 0.717) is 11.3 Å². The molecule has 3 N–H and O–H groups in total. The number of amides is 1. The molecular weight excluding hydrogens is 264 g/mol. The number of carbonyl (C=O) groups excluding carboxylic acids is 1. The van der Waals surface area contributed by atoms with Crippen molar-refractivity contribution < 1.29 is 13.2 Å². The molecule has 102 valence electrons. The predicted octanol–water partition coefficient (Wildman–Crippen LogP) is 0.288. The molecule has 0 aliphatic carbocycles. The van der Waals surface area contributed by atoms with E-state index in [2.05, 4.69) is 17.2 Å². The first-order valence-electron chi connectivity index (χ1n) is 5.59. The molecule has 19 heavy (non-hydrogen) atoms. The summed E-state index contributed by atoms with van der Waals surface area (Å²) in [4.78, 5) is 11.6. The van der Waals surface area contributed by atoms with Crippen LogP contribution in [0.25, 0.3) is 0 Å². The van der Waals surface area contributed by atoms with Crippen molar-refractivity contribution in [3.05, 3.63) is 29.3 Å². The average Bonchev–Trinajstić information content (AvgIpc) is 2.25. The van der Waals surface area contributed by atoms with Gasteiger partial charge in [0.25, 0.3) is 0 Å². The molecule has 0 spiro atoms. The summed E-state index contributed by atoms with van der Waals surface area (Å²) in [6.45, 7) is 2.08. The van der Waals surface area contributed by atoms with Crippen molar-refractivity contribution in [2.45, 2.75) is 6.92 Å². The number of sulfone groups is 1. The van der Waals surface area contributed by atoms with Gasteiger partial charge in [0.05, 0.1) is 12.2 Å². The summed E-state index contributed by atoms with van der Waals surface area (Å²) >= 11 is 0. The number of hydrogen-bond donors (Lipinski definition) is 2. The van der Waals surface area contributed by atoms with Crippen LogP contribution >= 0.6 is 0 Å². The highest BCUT2D eigenvalue weighted by Crippen LogP contribution is 2.16. The predicted molar refractivity (Wildman–Crippen MR) is 75.5 cm³/mol. The Morgan fingerprint density at radius 1 is 1.42 bits per heavy atom. The van der Waals surface area contributed by atoms with Gasteiger partial charge in [0, 0.05) is 11.8 Å². The first-order valence-corrected chi connectivity index (χ1v) is 7.65. The largest absolute Gasteiger partial charge is 0.324 e. The zero-order valence-corrected chi connectivity index (χ0v) is 11.7. The number of hydrogen-bond acceptors (Lipinski definition) is 4. The molecule has 1 rings (SSSR count). The summed E-state index contributed by atoms with van der Waals surface area (Å²) in [7, 11) is -3.35. The van der Waals surface area contributed by atoms with Crippen molar-refractivity contribution >= 4 is 21.4 Å². The van der Waals surface area contributed by atoms with Gasteiger partial charge in [-0.3, -0.25) is 4.79 Å². The van der Waals surface area contributed by atoms with Crippen LogP contribution in [0.4, 0.5) is 5.69 Å². The van der Waals surface area contributed by atoms with Crippen LogP contribution in [0.2, 0.25) is 0 Å². The van der Waals surface area contributed by atoms with E-state index in [0.717, 1.165) is 11.8 Å². The van der Waals surface area contributed by atoms with Gasteiger partial charge in [-0.2, -0.15) is 0 Å². The minimum Gasteiger partial charge on any atom is -0.324 e. The van der Waals surface area contributed by atoms with E-state index in [1.54, 1.807) is 12.1 Å². The smallest absolute Gasteiger partial charge is 0.239 e. The Kier molecular flexibility index (Phi) is 5.10. The molecule has 0 atom stereocenters. The topological polar surface area (TPSA) is 89.3 Å². The van der Waals surface area contributed by atoms with Gasteiger partial charge >= 0.3 is 0 Å². The molecule has 0 heterocycles. The summed E-state index contributed by atoms with van der Waals surface area (Å²) in [6, 6.07) is 5.35. The standard InChI is InChI=1S/C13H16N2O3S/c1-10-5-6-11(4-3-7-14)12(8-10)15-13(16)9-19(2,17)18/h5-6,8H,7,9,14H2,1-2H3,(H,15,16). The SMILES string of the molecule is Cc1ccc(C#CCN)c(NC(=O)CS(C)(=O)=O)c1. The number of carbonyl (C=O) groups is 1.